The molecule has 0 radical (unpaired) electrons. The van der Waals surface area contributed by atoms with Gasteiger partial charge in [-0.25, -0.2) is 0 Å². The van der Waals surface area contributed by atoms with E-state index in [1.165, 1.54) is 11.1 Å². The van der Waals surface area contributed by atoms with Crippen molar-refractivity contribution in [2.24, 2.45) is 0 Å². The predicted octanol–water partition coefficient (Wildman–Crippen LogP) is 4.11. The topological polar surface area (TPSA) is 29.5 Å². The first-order valence-corrected chi connectivity index (χ1v) is 8.95. The highest BCUT2D eigenvalue weighted by atomic mass is 32.1. The molecule has 4 heteroatoms. The van der Waals surface area contributed by atoms with Crippen molar-refractivity contribution in [2.75, 3.05) is 13.6 Å². The summed E-state index contributed by atoms with van der Waals surface area (Å²) in [5.41, 5.74) is 2.59. The number of rotatable bonds is 3. The number of thiophene rings is 1. The van der Waals surface area contributed by atoms with E-state index in [1.54, 1.807) is 16.2 Å². The zero-order chi connectivity index (χ0) is 16.5. The summed E-state index contributed by atoms with van der Waals surface area (Å²) in [6.07, 6.45) is 0.920. The maximum absolute atomic E-state index is 12.7. The highest BCUT2D eigenvalue weighted by molar-refractivity contribution is 7.20. The van der Waals surface area contributed by atoms with Gasteiger partial charge in [0.25, 0.3) is 5.91 Å². The molecule has 0 fully saturated rings. The van der Waals surface area contributed by atoms with Crippen LogP contribution in [0.1, 0.15) is 20.8 Å². The van der Waals surface area contributed by atoms with Gasteiger partial charge in [0.2, 0.25) is 0 Å². The molecule has 3 aromatic rings. The van der Waals surface area contributed by atoms with Crippen molar-refractivity contribution >= 4 is 27.3 Å². The van der Waals surface area contributed by atoms with E-state index in [0.29, 0.717) is 13.2 Å². The van der Waals surface area contributed by atoms with Gasteiger partial charge in [0, 0.05) is 24.7 Å². The van der Waals surface area contributed by atoms with Gasteiger partial charge >= 0.3 is 0 Å². The van der Waals surface area contributed by atoms with E-state index in [9.17, 15) is 4.79 Å². The Labute approximate surface area is 145 Å². The van der Waals surface area contributed by atoms with Crippen LogP contribution in [0.15, 0.2) is 54.6 Å². The van der Waals surface area contributed by atoms with Crippen LogP contribution in [-0.2, 0) is 17.8 Å². The maximum atomic E-state index is 12.7. The number of benzene rings is 2. The fourth-order valence-corrected chi connectivity index (χ4v) is 4.25. The number of carbonyl (C=O) groups excluding carboxylic acids is 1. The minimum Gasteiger partial charge on any atom is -0.371 e. The van der Waals surface area contributed by atoms with Crippen LogP contribution in [-0.4, -0.2) is 30.5 Å². The molecule has 0 spiro atoms. The number of hydrogen-bond donors (Lipinski definition) is 0. The normalized spacial score (nSPS) is 16.8. The molecule has 0 aliphatic carbocycles. The van der Waals surface area contributed by atoms with Crippen LogP contribution in [0.5, 0.6) is 0 Å². The van der Waals surface area contributed by atoms with Crippen LogP contribution in [0, 0.1) is 0 Å². The van der Waals surface area contributed by atoms with Gasteiger partial charge in [-0.15, -0.1) is 11.3 Å². The lowest BCUT2D eigenvalue weighted by atomic mass is 9.99. The molecule has 2 heterocycles. The van der Waals surface area contributed by atoms with E-state index in [4.69, 9.17) is 4.74 Å². The second kappa shape index (κ2) is 6.38. The Kier molecular flexibility index (Phi) is 4.08. The first-order chi connectivity index (χ1) is 11.7. The molecule has 0 bridgehead atoms. The van der Waals surface area contributed by atoms with Gasteiger partial charge < -0.3 is 9.64 Å². The Bertz CT molecular complexity index is 853. The third kappa shape index (κ3) is 2.95. The molecule has 1 aliphatic rings. The molecule has 1 unspecified atom stereocenters. The number of carbonyl (C=O) groups is 1. The molecule has 1 atom stereocenters. The average Bonchev–Trinajstić information content (AvgIpc) is 3.05. The van der Waals surface area contributed by atoms with E-state index in [2.05, 4.69) is 24.3 Å². The van der Waals surface area contributed by atoms with Crippen LogP contribution in [0.3, 0.4) is 0 Å². The lowest BCUT2D eigenvalue weighted by Gasteiger charge is -2.28. The van der Waals surface area contributed by atoms with Crippen LogP contribution < -0.4 is 0 Å². The monoisotopic (exact) mass is 337 g/mol. The quantitative estimate of drug-likeness (QED) is 0.720. The van der Waals surface area contributed by atoms with Gasteiger partial charge in [-0.2, -0.15) is 0 Å². The van der Waals surface area contributed by atoms with Crippen LogP contribution >= 0.6 is 11.3 Å². The summed E-state index contributed by atoms with van der Waals surface area (Å²) in [4.78, 5) is 15.3. The summed E-state index contributed by atoms with van der Waals surface area (Å²) in [5, 5.41) is 1.13. The van der Waals surface area contributed by atoms with Gasteiger partial charge in [0.1, 0.15) is 0 Å². The van der Waals surface area contributed by atoms with E-state index in [1.807, 2.05) is 37.4 Å². The summed E-state index contributed by atoms with van der Waals surface area (Å²) in [5.74, 6) is 0.0682. The molecule has 1 aliphatic heterocycles. The van der Waals surface area contributed by atoms with Crippen molar-refractivity contribution in [3.05, 3.63) is 70.6 Å². The molecule has 3 nitrogen and oxygen atoms in total. The molecule has 2 aromatic carbocycles. The summed E-state index contributed by atoms with van der Waals surface area (Å²) in [6, 6.07) is 18.4. The Morgan fingerprint density at radius 1 is 1.17 bits per heavy atom. The number of fused-ring (bicyclic) bond motifs is 2. The van der Waals surface area contributed by atoms with Gasteiger partial charge in [0.15, 0.2) is 0 Å². The maximum Gasteiger partial charge on any atom is 0.263 e. The minimum absolute atomic E-state index is 0.0585. The highest BCUT2D eigenvalue weighted by Crippen LogP contribution is 2.27. The SMILES string of the molecule is CN(CC1Cc2ccccc2CO1)C(=O)c1cc2ccccc2s1. The molecule has 122 valence electrons. The fraction of sp³-hybridized carbons (Fsp3) is 0.250. The number of likely N-dealkylation sites (N-methyl/N-ethyl adjacent to an activating group) is 1. The average molecular weight is 337 g/mol. The third-order valence-corrected chi connectivity index (χ3v) is 5.61. The van der Waals surface area contributed by atoms with Gasteiger partial charge in [-0.3, -0.25) is 4.79 Å². The Balaban J connectivity index is 1.46. The number of hydrogen-bond acceptors (Lipinski definition) is 3. The van der Waals surface area contributed by atoms with E-state index >= 15 is 0 Å². The van der Waals surface area contributed by atoms with Crippen molar-refractivity contribution in [2.45, 2.75) is 19.1 Å². The Morgan fingerprint density at radius 2 is 1.92 bits per heavy atom. The summed E-state index contributed by atoms with van der Waals surface area (Å²) >= 11 is 1.55. The largest absolute Gasteiger partial charge is 0.371 e. The van der Waals surface area contributed by atoms with Gasteiger partial charge in [-0.05, 0) is 28.6 Å². The predicted molar refractivity (Wildman–Crippen MR) is 97.5 cm³/mol. The van der Waals surface area contributed by atoms with Crippen molar-refractivity contribution in [1.82, 2.24) is 4.90 Å². The zero-order valence-electron chi connectivity index (χ0n) is 13.6. The minimum atomic E-state index is 0.0585. The summed E-state index contributed by atoms with van der Waals surface area (Å²) in [6.45, 7) is 1.24. The molecule has 1 aromatic heterocycles. The van der Waals surface area contributed by atoms with Gasteiger partial charge in [-0.1, -0.05) is 42.5 Å². The lowest BCUT2D eigenvalue weighted by molar-refractivity contribution is 0.00996. The highest BCUT2D eigenvalue weighted by Gasteiger charge is 2.23. The molecular formula is C20H19NO2S. The number of amides is 1. The molecule has 0 saturated carbocycles. The Morgan fingerprint density at radius 3 is 2.75 bits per heavy atom. The summed E-state index contributed by atoms with van der Waals surface area (Å²) in [7, 11) is 1.86. The molecule has 4 rings (SSSR count). The zero-order valence-corrected chi connectivity index (χ0v) is 14.4. The second-order valence-corrected chi connectivity index (χ2v) is 7.32. The molecule has 0 N–H and O–H groups in total. The van der Waals surface area contributed by atoms with E-state index < -0.39 is 0 Å². The third-order valence-electron chi connectivity index (χ3n) is 4.50. The first kappa shape index (κ1) is 15.4. The van der Waals surface area contributed by atoms with Crippen molar-refractivity contribution in [3.63, 3.8) is 0 Å². The van der Waals surface area contributed by atoms with Crippen molar-refractivity contribution < 1.29 is 9.53 Å². The first-order valence-electron chi connectivity index (χ1n) is 8.13. The molecule has 0 saturated heterocycles. The van der Waals surface area contributed by atoms with Gasteiger partial charge in [0.05, 0.1) is 17.6 Å². The van der Waals surface area contributed by atoms with Crippen LogP contribution in [0.2, 0.25) is 0 Å². The molecule has 24 heavy (non-hydrogen) atoms. The standard InChI is InChI=1S/C20H19NO2S/c1-21(12-17-10-14-6-2-3-8-16(14)13-23-17)20(22)19-11-15-7-4-5-9-18(15)24-19/h2-9,11,17H,10,12-13H2,1H3. The van der Waals surface area contributed by atoms with E-state index in [-0.39, 0.29) is 12.0 Å². The summed E-state index contributed by atoms with van der Waals surface area (Å²) < 4.78 is 7.08. The molecule has 1 amide bonds. The van der Waals surface area contributed by atoms with Crippen LogP contribution in [0.25, 0.3) is 10.1 Å². The number of ether oxygens (including phenoxy) is 1. The van der Waals surface area contributed by atoms with E-state index in [0.717, 1.165) is 21.4 Å². The lowest BCUT2D eigenvalue weighted by Crippen LogP contribution is -2.38. The second-order valence-electron chi connectivity index (χ2n) is 6.24. The Hall–Kier alpha value is -2.17. The smallest absolute Gasteiger partial charge is 0.263 e. The van der Waals surface area contributed by atoms with Crippen molar-refractivity contribution in [1.29, 1.82) is 0 Å². The number of nitrogens with zero attached hydrogens (tertiary/aromatic N) is 1. The molecular weight excluding hydrogens is 318 g/mol. The van der Waals surface area contributed by atoms with Crippen LogP contribution in [0.4, 0.5) is 0 Å². The van der Waals surface area contributed by atoms with Crippen molar-refractivity contribution in [3.8, 4) is 0 Å². The fourth-order valence-electron chi connectivity index (χ4n) is 3.19.